The fourth-order valence-corrected chi connectivity index (χ4v) is 0.999. The fourth-order valence-electron chi connectivity index (χ4n) is 0.999. The summed E-state index contributed by atoms with van der Waals surface area (Å²) >= 11 is 0. The lowest BCUT2D eigenvalue weighted by molar-refractivity contribution is -0.170. The third-order valence-electron chi connectivity index (χ3n) is 1.83. The molecule has 0 aliphatic carbocycles. The van der Waals surface area contributed by atoms with E-state index in [4.69, 9.17) is 9.47 Å². The lowest BCUT2D eigenvalue weighted by Crippen LogP contribution is -2.30. The third-order valence-corrected chi connectivity index (χ3v) is 1.83. The summed E-state index contributed by atoms with van der Waals surface area (Å²) < 4.78 is 9.87. The second kappa shape index (κ2) is 7.26. The Kier molecular flexibility index (Phi) is 6.75. The molecule has 1 unspecified atom stereocenters. The molecule has 0 saturated carbocycles. The molecule has 4 nitrogen and oxygen atoms in total. The van der Waals surface area contributed by atoms with Gasteiger partial charge in [0.05, 0.1) is 12.5 Å². The summed E-state index contributed by atoms with van der Waals surface area (Å²) in [6.07, 6.45) is 0.538. The minimum Gasteiger partial charge on any atom is -0.463 e. The standard InChI is InChI=1S/C11H20O4/c1-5-7-9(11(13)14-6-2)15-10(12)8(3)4/h8-9H,5-7H2,1-4H3. The highest BCUT2D eigenvalue weighted by molar-refractivity contribution is 5.80. The van der Waals surface area contributed by atoms with Crippen LogP contribution in [0.3, 0.4) is 0 Å². The summed E-state index contributed by atoms with van der Waals surface area (Å²) in [4.78, 5) is 22.7. The van der Waals surface area contributed by atoms with Gasteiger partial charge in [-0.25, -0.2) is 4.79 Å². The van der Waals surface area contributed by atoms with Gasteiger partial charge >= 0.3 is 11.9 Å². The number of ether oxygens (including phenoxy) is 2. The van der Waals surface area contributed by atoms with E-state index in [-0.39, 0.29) is 11.9 Å². The van der Waals surface area contributed by atoms with Crippen LogP contribution >= 0.6 is 0 Å². The molecule has 88 valence electrons. The van der Waals surface area contributed by atoms with E-state index in [9.17, 15) is 9.59 Å². The summed E-state index contributed by atoms with van der Waals surface area (Å²) in [5, 5.41) is 0. The first-order valence-corrected chi connectivity index (χ1v) is 5.40. The quantitative estimate of drug-likeness (QED) is 0.636. The number of carbonyl (C=O) groups is 2. The van der Waals surface area contributed by atoms with Crippen molar-refractivity contribution in [2.45, 2.75) is 46.6 Å². The second-order valence-corrected chi connectivity index (χ2v) is 3.62. The Labute approximate surface area is 90.9 Å². The van der Waals surface area contributed by atoms with E-state index in [1.807, 2.05) is 6.92 Å². The van der Waals surface area contributed by atoms with Crippen molar-refractivity contribution < 1.29 is 19.1 Å². The SMILES string of the molecule is CCCC(OC(=O)C(C)C)C(=O)OCC. The molecule has 0 aliphatic heterocycles. The van der Waals surface area contributed by atoms with Crippen molar-refractivity contribution in [3.05, 3.63) is 0 Å². The molecule has 15 heavy (non-hydrogen) atoms. The molecule has 0 heterocycles. The first-order chi connectivity index (χ1) is 7.02. The van der Waals surface area contributed by atoms with Crippen LogP contribution in [0.5, 0.6) is 0 Å². The van der Waals surface area contributed by atoms with Crippen molar-refractivity contribution in [3.8, 4) is 0 Å². The van der Waals surface area contributed by atoms with Crippen LogP contribution in [0.15, 0.2) is 0 Å². The summed E-state index contributed by atoms with van der Waals surface area (Å²) in [7, 11) is 0. The number of hydrogen-bond acceptors (Lipinski definition) is 4. The predicted octanol–water partition coefficient (Wildman–Crippen LogP) is 1.92. The highest BCUT2D eigenvalue weighted by Gasteiger charge is 2.24. The molecule has 0 N–H and O–H groups in total. The molecular formula is C11H20O4. The Morgan fingerprint density at radius 2 is 1.73 bits per heavy atom. The largest absolute Gasteiger partial charge is 0.463 e. The molecule has 0 bridgehead atoms. The van der Waals surface area contributed by atoms with Crippen LogP contribution in [0, 0.1) is 5.92 Å². The maximum Gasteiger partial charge on any atom is 0.347 e. The molecule has 0 rings (SSSR count). The first-order valence-electron chi connectivity index (χ1n) is 5.40. The number of esters is 2. The monoisotopic (exact) mass is 216 g/mol. The molecular weight excluding hydrogens is 196 g/mol. The number of carbonyl (C=O) groups excluding carboxylic acids is 2. The Morgan fingerprint density at radius 1 is 1.13 bits per heavy atom. The van der Waals surface area contributed by atoms with Gasteiger partial charge in [0.25, 0.3) is 0 Å². The molecule has 0 amide bonds. The highest BCUT2D eigenvalue weighted by atomic mass is 16.6. The van der Waals surface area contributed by atoms with Gasteiger partial charge in [-0.05, 0) is 13.3 Å². The van der Waals surface area contributed by atoms with Crippen molar-refractivity contribution in [2.75, 3.05) is 6.61 Å². The number of hydrogen-bond donors (Lipinski definition) is 0. The van der Waals surface area contributed by atoms with Crippen molar-refractivity contribution >= 4 is 11.9 Å². The van der Waals surface area contributed by atoms with Gasteiger partial charge in [0.15, 0.2) is 6.10 Å². The van der Waals surface area contributed by atoms with E-state index in [0.29, 0.717) is 13.0 Å². The van der Waals surface area contributed by atoms with E-state index in [1.54, 1.807) is 20.8 Å². The Bertz CT molecular complexity index is 211. The van der Waals surface area contributed by atoms with Crippen LogP contribution in [-0.2, 0) is 19.1 Å². The van der Waals surface area contributed by atoms with Gasteiger partial charge in [-0.3, -0.25) is 4.79 Å². The molecule has 0 aliphatic rings. The van der Waals surface area contributed by atoms with Crippen LogP contribution in [0.25, 0.3) is 0 Å². The van der Waals surface area contributed by atoms with Crippen LogP contribution < -0.4 is 0 Å². The van der Waals surface area contributed by atoms with E-state index in [2.05, 4.69) is 0 Å². The van der Waals surface area contributed by atoms with Gasteiger partial charge in [0.1, 0.15) is 0 Å². The second-order valence-electron chi connectivity index (χ2n) is 3.62. The maximum atomic E-state index is 11.4. The maximum absolute atomic E-state index is 11.4. The Balaban J connectivity index is 4.26. The van der Waals surface area contributed by atoms with Gasteiger partial charge in [0.2, 0.25) is 0 Å². The third kappa shape index (κ3) is 5.40. The van der Waals surface area contributed by atoms with Gasteiger partial charge in [-0.1, -0.05) is 27.2 Å². The molecule has 1 atom stereocenters. The molecule has 0 aromatic carbocycles. The molecule has 0 fully saturated rings. The van der Waals surface area contributed by atoms with Crippen LogP contribution in [0.1, 0.15) is 40.5 Å². The van der Waals surface area contributed by atoms with Crippen LogP contribution in [0.2, 0.25) is 0 Å². The lowest BCUT2D eigenvalue weighted by Gasteiger charge is -2.16. The topological polar surface area (TPSA) is 52.6 Å². The molecule has 4 heteroatoms. The highest BCUT2D eigenvalue weighted by Crippen LogP contribution is 2.08. The zero-order valence-corrected chi connectivity index (χ0v) is 9.91. The van der Waals surface area contributed by atoms with Gasteiger partial charge in [0, 0.05) is 0 Å². The van der Waals surface area contributed by atoms with Crippen molar-refractivity contribution in [2.24, 2.45) is 5.92 Å². The Hall–Kier alpha value is -1.06. The van der Waals surface area contributed by atoms with E-state index >= 15 is 0 Å². The molecule has 0 spiro atoms. The van der Waals surface area contributed by atoms with E-state index in [0.717, 1.165) is 6.42 Å². The summed E-state index contributed by atoms with van der Waals surface area (Å²) in [6.45, 7) is 7.42. The average Bonchev–Trinajstić information content (AvgIpc) is 2.17. The van der Waals surface area contributed by atoms with E-state index in [1.165, 1.54) is 0 Å². The predicted molar refractivity (Wildman–Crippen MR) is 56.3 cm³/mol. The Morgan fingerprint density at radius 3 is 2.13 bits per heavy atom. The zero-order valence-electron chi connectivity index (χ0n) is 9.91. The smallest absolute Gasteiger partial charge is 0.347 e. The van der Waals surface area contributed by atoms with Gasteiger partial charge in [-0.2, -0.15) is 0 Å². The summed E-state index contributed by atoms with van der Waals surface area (Å²) in [6, 6.07) is 0. The summed E-state index contributed by atoms with van der Waals surface area (Å²) in [5.41, 5.74) is 0. The van der Waals surface area contributed by atoms with Crippen LogP contribution in [0.4, 0.5) is 0 Å². The van der Waals surface area contributed by atoms with Crippen LogP contribution in [-0.4, -0.2) is 24.6 Å². The van der Waals surface area contributed by atoms with Crippen molar-refractivity contribution in [1.82, 2.24) is 0 Å². The molecule has 0 radical (unpaired) electrons. The zero-order chi connectivity index (χ0) is 11.8. The van der Waals surface area contributed by atoms with Crippen molar-refractivity contribution in [1.29, 1.82) is 0 Å². The normalized spacial score (nSPS) is 12.3. The summed E-state index contributed by atoms with van der Waals surface area (Å²) in [5.74, 6) is -1.03. The average molecular weight is 216 g/mol. The van der Waals surface area contributed by atoms with E-state index < -0.39 is 12.1 Å². The first kappa shape index (κ1) is 13.9. The van der Waals surface area contributed by atoms with Gasteiger partial charge < -0.3 is 9.47 Å². The minimum atomic E-state index is -0.746. The molecule has 0 aromatic heterocycles. The van der Waals surface area contributed by atoms with Crippen molar-refractivity contribution in [3.63, 3.8) is 0 Å². The lowest BCUT2D eigenvalue weighted by atomic mass is 10.2. The fraction of sp³-hybridized carbons (Fsp3) is 0.818. The molecule has 0 aromatic rings. The number of rotatable bonds is 6. The van der Waals surface area contributed by atoms with Gasteiger partial charge in [-0.15, -0.1) is 0 Å². The molecule has 0 saturated heterocycles. The minimum absolute atomic E-state index is 0.223.